The van der Waals surface area contributed by atoms with Gasteiger partial charge in [0.15, 0.2) is 0 Å². The summed E-state index contributed by atoms with van der Waals surface area (Å²) in [6.45, 7) is 1.76. The molecule has 0 bridgehead atoms. The molecular formula is C17H15FN4O2. The third-order valence-corrected chi connectivity index (χ3v) is 4.34. The minimum atomic E-state index is -0.454. The zero-order chi connectivity index (χ0) is 16.7. The molecule has 0 unspecified atom stereocenters. The lowest BCUT2D eigenvalue weighted by Gasteiger charge is -2.18. The van der Waals surface area contributed by atoms with Gasteiger partial charge in [-0.3, -0.25) is 10.1 Å². The SMILES string of the molecule is O=[N+]([O-])c1ccc2nc(-c3ccc(N4CCCC4)c(F)c3)[nH]c2c1. The maximum Gasteiger partial charge on any atom is 0.271 e. The molecule has 1 N–H and O–H groups in total. The Kier molecular flexibility index (Phi) is 3.41. The fourth-order valence-corrected chi connectivity index (χ4v) is 3.12. The highest BCUT2D eigenvalue weighted by Crippen LogP contribution is 2.29. The highest BCUT2D eigenvalue weighted by Gasteiger charge is 2.17. The van der Waals surface area contributed by atoms with Gasteiger partial charge in [0.05, 0.1) is 21.6 Å². The highest BCUT2D eigenvalue weighted by atomic mass is 19.1. The van der Waals surface area contributed by atoms with Gasteiger partial charge in [-0.25, -0.2) is 9.37 Å². The number of non-ortho nitro benzene ring substituents is 1. The van der Waals surface area contributed by atoms with E-state index in [-0.39, 0.29) is 11.5 Å². The molecular weight excluding hydrogens is 311 g/mol. The summed E-state index contributed by atoms with van der Waals surface area (Å²) in [6, 6.07) is 9.47. The third kappa shape index (κ3) is 2.47. The largest absolute Gasteiger partial charge is 0.369 e. The first-order valence-electron chi connectivity index (χ1n) is 7.81. The second-order valence-electron chi connectivity index (χ2n) is 5.90. The van der Waals surface area contributed by atoms with Crippen molar-refractivity contribution in [3.05, 3.63) is 52.3 Å². The first kappa shape index (κ1) is 14.6. The molecule has 0 radical (unpaired) electrons. The predicted octanol–water partition coefficient (Wildman–Crippen LogP) is 3.88. The number of imidazole rings is 1. The van der Waals surface area contributed by atoms with Gasteiger partial charge in [0.25, 0.3) is 5.69 Å². The molecule has 1 fully saturated rings. The fourth-order valence-electron chi connectivity index (χ4n) is 3.12. The molecule has 3 aromatic rings. The number of nitrogens with zero attached hydrogens (tertiary/aromatic N) is 3. The highest BCUT2D eigenvalue weighted by molar-refractivity contribution is 5.81. The number of aromatic nitrogens is 2. The first-order chi connectivity index (χ1) is 11.6. The first-order valence-corrected chi connectivity index (χ1v) is 7.81. The Morgan fingerprint density at radius 2 is 1.96 bits per heavy atom. The number of aromatic amines is 1. The Labute approximate surface area is 137 Å². The average Bonchev–Trinajstić information content (AvgIpc) is 3.23. The lowest BCUT2D eigenvalue weighted by atomic mass is 10.1. The van der Waals surface area contributed by atoms with E-state index in [0.29, 0.717) is 28.1 Å². The zero-order valence-electron chi connectivity index (χ0n) is 12.8. The summed E-state index contributed by atoms with van der Waals surface area (Å²) >= 11 is 0. The number of benzene rings is 2. The number of hydrogen-bond acceptors (Lipinski definition) is 4. The molecule has 2 aromatic carbocycles. The molecule has 1 aliphatic heterocycles. The van der Waals surface area contributed by atoms with E-state index < -0.39 is 4.92 Å². The van der Waals surface area contributed by atoms with E-state index in [2.05, 4.69) is 9.97 Å². The van der Waals surface area contributed by atoms with Crippen LogP contribution >= 0.6 is 0 Å². The smallest absolute Gasteiger partial charge is 0.271 e. The fraction of sp³-hybridized carbons (Fsp3) is 0.235. The molecule has 4 rings (SSSR count). The molecule has 1 saturated heterocycles. The van der Waals surface area contributed by atoms with E-state index in [9.17, 15) is 14.5 Å². The van der Waals surface area contributed by atoms with Crippen molar-refractivity contribution in [2.24, 2.45) is 0 Å². The number of H-pyrrole nitrogens is 1. The molecule has 0 aliphatic carbocycles. The summed E-state index contributed by atoms with van der Waals surface area (Å²) in [4.78, 5) is 19.9. The van der Waals surface area contributed by atoms with Gasteiger partial charge in [-0.1, -0.05) is 0 Å². The van der Waals surface area contributed by atoms with E-state index in [1.807, 2.05) is 11.0 Å². The van der Waals surface area contributed by atoms with Crippen LogP contribution < -0.4 is 4.90 Å². The number of rotatable bonds is 3. The van der Waals surface area contributed by atoms with Crippen molar-refractivity contribution in [3.8, 4) is 11.4 Å². The third-order valence-electron chi connectivity index (χ3n) is 4.34. The minimum Gasteiger partial charge on any atom is -0.369 e. The van der Waals surface area contributed by atoms with Crippen LogP contribution in [-0.4, -0.2) is 28.0 Å². The van der Waals surface area contributed by atoms with Gasteiger partial charge in [-0.15, -0.1) is 0 Å². The number of nitrogens with one attached hydrogen (secondary N) is 1. The minimum absolute atomic E-state index is 0.00624. The van der Waals surface area contributed by atoms with Gasteiger partial charge in [-0.05, 0) is 37.1 Å². The van der Waals surface area contributed by atoms with Crippen molar-refractivity contribution in [2.75, 3.05) is 18.0 Å². The van der Waals surface area contributed by atoms with Crippen molar-refractivity contribution < 1.29 is 9.31 Å². The maximum absolute atomic E-state index is 14.4. The maximum atomic E-state index is 14.4. The molecule has 1 aliphatic rings. The van der Waals surface area contributed by atoms with Crippen LogP contribution in [0, 0.1) is 15.9 Å². The van der Waals surface area contributed by atoms with Gasteiger partial charge in [0, 0.05) is 30.8 Å². The standard InChI is InChI=1S/C17H15FN4O2/c18-13-9-11(3-6-16(13)21-7-1-2-8-21)17-19-14-5-4-12(22(23)24)10-15(14)20-17/h3-6,9-10H,1-2,7-8H2,(H,19,20). The predicted molar refractivity (Wildman–Crippen MR) is 89.6 cm³/mol. The van der Waals surface area contributed by atoms with Crippen LogP contribution in [0.2, 0.25) is 0 Å². The number of hydrogen-bond donors (Lipinski definition) is 1. The van der Waals surface area contributed by atoms with Crippen LogP contribution in [0.1, 0.15) is 12.8 Å². The van der Waals surface area contributed by atoms with Crippen LogP contribution in [0.4, 0.5) is 15.8 Å². The Bertz CT molecular complexity index is 931. The summed E-state index contributed by atoms with van der Waals surface area (Å²) in [7, 11) is 0. The van der Waals surface area contributed by atoms with Gasteiger partial charge in [0.1, 0.15) is 11.6 Å². The second kappa shape index (κ2) is 5.59. The van der Waals surface area contributed by atoms with Crippen molar-refractivity contribution in [1.29, 1.82) is 0 Å². The molecule has 24 heavy (non-hydrogen) atoms. The monoisotopic (exact) mass is 326 g/mol. The number of nitro benzene ring substituents is 1. The molecule has 122 valence electrons. The van der Waals surface area contributed by atoms with Crippen molar-refractivity contribution in [3.63, 3.8) is 0 Å². The summed E-state index contributed by atoms with van der Waals surface area (Å²) in [5.41, 5.74) is 2.40. The van der Waals surface area contributed by atoms with Crippen molar-refractivity contribution >= 4 is 22.4 Å². The Hall–Kier alpha value is -2.96. The zero-order valence-corrected chi connectivity index (χ0v) is 12.8. The van der Waals surface area contributed by atoms with Gasteiger partial charge in [0.2, 0.25) is 0 Å². The number of halogens is 1. The van der Waals surface area contributed by atoms with E-state index >= 15 is 0 Å². The molecule has 0 amide bonds. The molecule has 0 atom stereocenters. The van der Waals surface area contributed by atoms with Crippen LogP contribution in [0.15, 0.2) is 36.4 Å². The summed E-state index contributed by atoms with van der Waals surface area (Å²) in [5.74, 6) is 0.221. The molecule has 0 saturated carbocycles. The summed E-state index contributed by atoms with van der Waals surface area (Å²) in [6.07, 6.45) is 2.17. The molecule has 1 aromatic heterocycles. The van der Waals surface area contributed by atoms with Crippen LogP contribution in [-0.2, 0) is 0 Å². The number of nitro groups is 1. The molecule has 6 nitrogen and oxygen atoms in total. The lowest BCUT2D eigenvalue weighted by molar-refractivity contribution is -0.384. The van der Waals surface area contributed by atoms with Crippen LogP contribution in [0.5, 0.6) is 0 Å². The molecule has 0 spiro atoms. The van der Waals surface area contributed by atoms with E-state index in [0.717, 1.165) is 25.9 Å². The van der Waals surface area contributed by atoms with E-state index in [1.54, 1.807) is 12.1 Å². The van der Waals surface area contributed by atoms with Gasteiger partial charge < -0.3 is 9.88 Å². The molecule has 7 heteroatoms. The summed E-state index contributed by atoms with van der Waals surface area (Å²) < 4.78 is 14.4. The molecule has 2 heterocycles. The topological polar surface area (TPSA) is 75.1 Å². The summed E-state index contributed by atoms with van der Waals surface area (Å²) in [5, 5.41) is 10.8. The second-order valence-corrected chi connectivity index (χ2v) is 5.90. The quantitative estimate of drug-likeness (QED) is 0.585. The van der Waals surface area contributed by atoms with E-state index in [1.165, 1.54) is 18.2 Å². The average molecular weight is 326 g/mol. The van der Waals surface area contributed by atoms with Gasteiger partial charge >= 0.3 is 0 Å². The Balaban J connectivity index is 1.71. The van der Waals surface area contributed by atoms with Crippen molar-refractivity contribution in [2.45, 2.75) is 12.8 Å². The van der Waals surface area contributed by atoms with Crippen LogP contribution in [0.3, 0.4) is 0 Å². The van der Waals surface area contributed by atoms with Crippen LogP contribution in [0.25, 0.3) is 22.4 Å². The number of anilines is 1. The normalized spacial score (nSPS) is 14.5. The van der Waals surface area contributed by atoms with E-state index in [4.69, 9.17) is 0 Å². The Morgan fingerprint density at radius 3 is 2.67 bits per heavy atom. The van der Waals surface area contributed by atoms with Gasteiger partial charge in [-0.2, -0.15) is 0 Å². The number of fused-ring (bicyclic) bond motifs is 1. The Morgan fingerprint density at radius 1 is 1.17 bits per heavy atom. The van der Waals surface area contributed by atoms with Crippen molar-refractivity contribution in [1.82, 2.24) is 9.97 Å². The lowest BCUT2D eigenvalue weighted by Crippen LogP contribution is -2.18.